The van der Waals surface area contributed by atoms with E-state index in [-0.39, 0.29) is 23.9 Å². The second kappa shape index (κ2) is 4.66. The van der Waals surface area contributed by atoms with Gasteiger partial charge >= 0.3 is 0 Å². The van der Waals surface area contributed by atoms with Crippen molar-refractivity contribution in [3.63, 3.8) is 0 Å². The van der Waals surface area contributed by atoms with Crippen LogP contribution in [0.1, 0.15) is 25.3 Å². The quantitative estimate of drug-likeness (QED) is 0.823. The molecule has 0 N–H and O–H groups in total. The third kappa shape index (κ3) is 2.70. The smallest absolute Gasteiger partial charge is 0.140 e. The zero-order valence-corrected chi connectivity index (χ0v) is 10.8. The molecule has 1 aromatic rings. The van der Waals surface area contributed by atoms with Gasteiger partial charge in [-0.15, -0.1) is 0 Å². The molecule has 0 spiro atoms. The lowest BCUT2D eigenvalue weighted by atomic mass is 9.95. The second-order valence-corrected chi connectivity index (χ2v) is 5.42. The Morgan fingerprint density at radius 3 is 2.88 bits per heavy atom. The largest absolute Gasteiger partial charge is 0.299 e. The standard InChI is InChI=1S/C13H14BrFO/c1-8(9-2-3-9)13(16)7-10-6-11(14)4-5-12(10)15/h4-6,8-9H,2-3,7H2,1H3. The maximum Gasteiger partial charge on any atom is 0.140 e. The lowest BCUT2D eigenvalue weighted by molar-refractivity contribution is -0.122. The van der Waals surface area contributed by atoms with Crippen LogP contribution in [0.15, 0.2) is 22.7 Å². The van der Waals surface area contributed by atoms with E-state index in [1.807, 2.05) is 6.92 Å². The molecule has 0 saturated heterocycles. The van der Waals surface area contributed by atoms with Gasteiger partial charge in [0.15, 0.2) is 0 Å². The van der Waals surface area contributed by atoms with Crippen molar-refractivity contribution < 1.29 is 9.18 Å². The highest BCUT2D eigenvalue weighted by Gasteiger charge is 2.32. The van der Waals surface area contributed by atoms with Crippen LogP contribution >= 0.6 is 15.9 Å². The predicted octanol–water partition coefficient (Wildman–Crippen LogP) is 3.75. The van der Waals surface area contributed by atoms with Gasteiger partial charge < -0.3 is 0 Å². The van der Waals surface area contributed by atoms with Crippen LogP contribution in [0.4, 0.5) is 4.39 Å². The van der Waals surface area contributed by atoms with Crippen LogP contribution in [0.5, 0.6) is 0 Å². The van der Waals surface area contributed by atoms with Gasteiger partial charge in [-0.1, -0.05) is 22.9 Å². The molecule has 0 aromatic heterocycles. The lowest BCUT2D eigenvalue weighted by Crippen LogP contribution is -2.16. The molecule has 0 bridgehead atoms. The highest BCUT2D eigenvalue weighted by molar-refractivity contribution is 9.10. The number of halogens is 2. The molecular weight excluding hydrogens is 271 g/mol. The zero-order valence-electron chi connectivity index (χ0n) is 9.17. The number of carbonyl (C=O) groups is 1. The van der Waals surface area contributed by atoms with E-state index in [0.717, 1.165) is 17.3 Å². The van der Waals surface area contributed by atoms with Crippen molar-refractivity contribution in [2.75, 3.05) is 0 Å². The van der Waals surface area contributed by atoms with Crippen molar-refractivity contribution >= 4 is 21.7 Å². The summed E-state index contributed by atoms with van der Waals surface area (Å²) in [5, 5.41) is 0. The number of benzene rings is 1. The summed E-state index contributed by atoms with van der Waals surface area (Å²) in [6, 6.07) is 4.73. The molecule has 1 aliphatic carbocycles. The Morgan fingerprint density at radius 2 is 2.25 bits per heavy atom. The summed E-state index contributed by atoms with van der Waals surface area (Å²) in [7, 11) is 0. The Kier molecular flexibility index (Phi) is 3.43. The number of hydrogen-bond donors (Lipinski definition) is 0. The maximum atomic E-state index is 13.4. The number of carbonyl (C=O) groups excluding carboxylic acids is 1. The van der Waals surface area contributed by atoms with Crippen LogP contribution in [0.3, 0.4) is 0 Å². The molecular formula is C13H14BrFO. The van der Waals surface area contributed by atoms with Crippen molar-refractivity contribution in [2.24, 2.45) is 11.8 Å². The lowest BCUT2D eigenvalue weighted by Gasteiger charge is -2.09. The van der Waals surface area contributed by atoms with Crippen LogP contribution in [-0.4, -0.2) is 5.78 Å². The van der Waals surface area contributed by atoms with E-state index in [1.54, 1.807) is 12.1 Å². The number of rotatable bonds is 4. The van der Waals surface area contributed by atoms with Crippen molar-refractivity contribution in [3.8, 4) is 0 Å². The van der Waals surface area contributed by atoms with E-state index in [4.69, 9.17) is 0 Å². The molecule has 0 radical (unpaired) electrons. The van der Waals surface area contributed by atoms with Gasteiger partial charge in [-0.25, -0.2) is 4.39 Å². The van der Waals surface area contributed by atoms with Crippen LogP contribution in [0.25, 0.3) is 0 Å². The molecule has 1 aromatic carbocycles. The molecule has 0 heterocycles. The van der Waals surface area contributed by atoms with Gasteiger partial charge in [0.05, 0.1) is 0 Å². The van der Waals surface area contributed by atoms with Gasteiger partial charge in [-0.05, 0) is 42.5 Å². The van der Waals surface area contributed by atoms with Gasteiger partial charge in [0.1, 0.15) is 11.6 Å². The first-order valence-corrected chi connectivity index (χ1v) is 6.34. The number of ketones is 1. The fourth-order valence-corrected chi connectivity index (χ4v) is 2.30. The molecule has 0 aliphatic heterocycles. The van der Waals surface area contributed by atoms with Crippen LogP contribution in [0, 0.1) is 17.7 Å². The Hall–Kier alpha value is -0.700. The van der Waals surface area contributed by atoms with Crippen LogP contribution in [0.2, 0.25) is 0 Å². The first-order chi connectivity index (χ1) is 7.58. The van der Waals surface area contributed by atoms with E-state index in [0.29, 0.717) is 11.5 Å². The van der Waals surface area contributed by atoms with Gasteiger partial charge in [0.2, 0.25) is 0 Å². The van der Waals surface area contributed by atoms with Crippen molar-refractivity contribution in [2.45, 2.75) is 26.2 Å². The summed E-state index contributed by atoms with van der Waals surface area (Å²) < 4.78 is 14.3. The summed E-state index contributed by atoms with van der Waals surface area (Å²) in [6.07, 6.45) is 2.50. The molecule has 16 heavy (non-hydrogen) atoms. The molecule has 1 saturated carbocycles. The molecule has 1 nitrogen and oxygen atoms in total. The normalized spacial score (nSPS) is 17.2. The van der Waals surface area contributed by atoms with E-state index in [9.17, 15) is 9.18 Å². The molecule has 1 fully saturated rings. The Bertz CT molecular complexity index is 412. The summed E-state index contributed by atoms with van der Waals surface area (Å²) >= 11 is 3.29. The molecule has 0 amide bonds. The van der Waals surface area contributed by atoms with E-state index in [1.165, 1.54) is 6.07 Å². The number of Topliss-reactive ketones (excluding diaryl/α,β-unsaturated/α-hetero) is 1. The van der Waals surface area contributed by atoms with Crippen molar-refractivity contribution in [1.82, 2.24) is 0 Å². The molecule has 3 heteroatoms. The van der Waals surface area contributed by atoms with E-state index >= 15 is 0 Å². The van der Waals surface area contributed by atoms with Crippen LogP contribution in [-0.2, 0) is 11.2 Å². The third-order valence-corrected chi connectivity index (χ3v) is 3.70. The minimum absolute atomic E-state index is 0.0818. The second-order valence-electron chi connectivity index (χ2n) is 4.50. The zero-order chi connectivity index (χ0) is 11.7. The monoisotopic (exact) mass is 284 g/mol. The highest BCUT2D eigenvalue weighted by Crippen LogP contribution is 2.37. The molecule has 2 rings (SSSR count). The molecule has 1 unspecified atom stereocenters. The van der Waals surface area contributed by atoms with Gasteiger partial charge in [-0.3, -0.25) is 4.79 Å². The minimum Gasteiger partial charge on any atom is -0.299 e. The highest BCUT2D eigenvalue weighted by atomic mass is 79.9. The minimum atomic E-state index is -0.292. The van der Waals surface area contributed by atoms with Gasteiger partial charge in [0.25, 0.3) is 0 Å². The topological polar surface area (TPSA) is 17.1 Å². The average Bonchev–Trinajstić information content (AvgIpc) is 3.06. The SMILES string of the molecule is CC(C(=O)Cc1cc(Br)ccc1F)C1CC1. The Morgan fingerprint density at radius 1 is 1.56 bits per heavy atom. The van der Waals surface area contributed by atoms with E-state index in [2.05, 4.69) is 15.9 Å². The number of hydrogen-bond acceptors (Lipinski definition) is 1. The van der Waals surface area contributed by atoms with Gasteiger partial charge in [-0.2, -0.15) is 0 Å². The summed E-state index contributed by atoms with van der Waals surface area (Å²) in [4.78, 5) is 11.9. The predicted molar refractivity (Wildman–Crippen MR) is 64.7 cm³/mol. The van der Waals surface area contributed by atoms with Crippen molar-refractivity contribution in [1.29, 1.82) is 0 Å². The third-order valence-electron chi connectivity index (χ3n) is 3.21. The maximum absolute atomic E-state index is 13.4. The summed E-state index contributed by atoms with van der Waals surface area (Å²) in [6.45, 7) is 1.95. The van der Waals surface area contributed by atoms with E-state index < -0.39 is 0 Å². The summed E-state index contributed by atoms with van der Waals surface area (Å²) in [5.74, 6) is 0.486. The molecule has 1 atom stereocenters. The summed E-state index contributed by atoms with van der Waals surface area (Å²) in [5.41, 5.74) is 0.492. The molecule has 1 aliphatic rings. The Labute approximate surface area is 103 Å². The first-order valence-electron chi connectivity index (χ1n) is 5.54. The van der Waals surface area contributed by atoms with Crippen LogP contribution < -0.4 is 0 Å². The molecule has 86 valence electrons. The van der Waals surface area contributed by atoms with Crippen molar-refractivity contribution in [3.05, 3.63) is 34.1 Å². The fraction of sp³-hybridized carbons (Fsp3) is 0.462. The fourth-order valence-electron chi connectivity index (χ4n) is 1.89. The van der Waals surface area contributed by atoms with Gasteiger partial charge in [0, 0.05) is 16.8 Å². The first kappa shape index (κ1) is 11.8. The Balaban J connectivity index is 2.07. The average molecular weight is 285 g/mol.